The molecule has 1 saturated carbocycles. The molecule has 7 nitrogen and oxygen atoms in total. The average molecular weight is 509 g/mol. The van der Waals surface area contributed by atoms with E-state index in [0.29, 0.717) is 51.7 Å². The number of rotatable bonds is 8. The maximum Gasteiger partial charge on any atom is 0.573 e. The third-order valence-corrected chi connectivity index (χ3v) is 6.40. The van der Waals surface area contributed by atoms with Crippen molar-refractivity contribution in [1.82, 2.24) is 15.1 Å². The molecule has 12 heteroatoms. The van der Waals surface area contributed by atoms with Crippen molar-refractivity contribution < 1.29 is 31.9 Å². The molecule has 34 heavy (non-hydrogen) atoms. The lowest BCUT2D eigenvalue weighted by Crippen LogP contribution is -2.47. The van der Waals surface area contributed by atoms with Crippen LogP contribution in [0.3, 0.4) is 0 Å². The van der Waals surface area contributed by atoms with Gasteiger partial charge in [0, 0.05) is 44.8 Å². The normalized spacial score (nSPS) is 23.9. The third kappa shape index (κ3) is 6.31. The van der Waals surface area contributed by atoms with Crippen LogP contribution in [0.1, 0.15) is 26.2 Å². The molecule has 1 aromatic carbocycles. The molecule has 2 atom stereocenters. The smallest absolute Gasteiger partial charge is 0.404 e. The number of nitrogens with one attached hydrogen (secondary N) is 1. The number of amides is 2. The Kier molecular flexibility index (Phi) is 8.30. The van der Waals surface area contributed by atoms with Crippen LogP contribution in [0.5, 0.6) is 5.75 Å². The Balaban J connectivity index is 0.00000324. The number of imide groups is 1. The van der Waals surface area contributed by atoms with E-state index in [1.165, 1.54) is 4.90 Å². The summed E-state index contributed by atoms with van der Waals surface area (Å²) in [6.45, 7) is 4.71. The van der Waals surface area contributed by atoms with Crippen LogP contribution in [-0.2, 0) is 9.59 Å². The van der Waals surface area contributed by atoms with Gasteiger partial charge in [-0.25, -0.2) is 4.39 Å². The lowest BCUT2D eigenvalue weighted by Gasteiger charge is -2.37. The lowest BCUT2D eigenvalue weighted by atomic mass is 10.1. The first-order valence-corrected chi connectivity index (χ1v) is 11.3. The SMILES string of the molecule is CC1C(=O)N(CCCN2CCN(c3cc(F)ccc3OC(F)(F)F)CC2)C(=O)C1NC1CC1.Cl. The minimum atomic E-state index is -4.86. The van der Waals surface area contributed by atoms with Gasteiger partial charge in [0.05, 0.1) is 17.6 Å². The summed E-state index contributed by atoms with van der Waals surface area (Å²) < 4.78 is 55.8. The summed E-state index contributed by atoms with van der Waals surface area (Å²) >= 11 is 0. The zero-order valence-corrected chi connectivity index (χ0v) is 19.6. The van der Waals surface area contributed by atoms with Gasteiger partial charge in [0.15, 0.2) is 5.75 Å². The van der Waals surface area contributed by atoms with Gasteiger partial charge in [0.25, 0.3) is 0 Å². The minimum Gasteiger partial charge on any atom is -0.404 e. The molecule has 1 N–H and O–H groups in total. The van der Waals surface area contributed by atoms with Crippen molar-refractivity contribution >= 4 is 29.9 Å². The maximum atomic E-state index is 13.7. The molecular formula is C22H29ClF4N4O3. The standard InChI is InChI=1S/C22H28F4N4O3.ClH/c1-14-19(27-16-4-5-16)21(32)30(20(14)31)8-2-7-28-9-11-29(12-10-28)17-13-15(23)3-6-18(17)33-22(24,25)26;/h3,6,13-14,16,19,27H,2,4-5,7-12H2,1H3;1H. The molecule has 3 fully saturated rings. The summed E-state index contributed by atoms with van der Waals surface area (Å²) in [6, 6.07) is 2.88. The van der Waals surface area contributed by atoms with Crippen molar-refractivity contribution in [2.75, 3.05) is 44.2 Å². The van der Waals surface area contributed by atoms with Crippen LogP contribution in [0.2, 0.25) is 0 Å². The summed E-state index contributed by atoms with van der Waals surface area (Å²) in [7, 11) is 0. The summed E-state index contributed by atoms with van der Waals surface area (Å²) in [5.41, 5.74) is 0.0726. The van der Waals surface area contributed by atoms with E-state index in [9.17, 15) is 27.2 Å². The van der Waals surface area contributed by atoms with E-state index in [2.05, 4.69) is 15.0 Å². The fourth-order valence-electron chi connectivity index (χ4n) is 4.43. The molecule has 1 aromatic rings. The van der Waals surface area contributed by atoms with Crippen LogP contribution in [-0.4, -0.2) is 79.3 Å². The van der Waals surface area contributed by atoms with Gasteiger partial charge in [-0.2, -0.15) is 0 Å². The van der Waals surface area contributed by atoms with Crippen molar-refractivity contribution in [2.45, 2.75) is 44.6 Å². The van der Waals surface area contributed by atoms with E-state index in [-0.39, 0.29) is 35.8 Å². The van der Waals surface area contributed by atoms with Crippen molar-refractivity contribution in [2.24, 2.45) is 5.92 Å². The van der Waals surface area contributed by atoms with Crippen molar-refractivity contribution in [1.29, 1.82) is 0 Å². The molecular weight excluding hydrogens is 480 g/mol. The Morgan fingerprint density at radius 1 is 1.06 bits per heavy atom. The topological polar surface area (TPSA) is 65.1 Å². The van der Waals surface area contributed by atoms with Crippen LogP contribution in [0.25, 0.3) is 0 Å². The van der Waals surface area contributed by atoms with Crippen molar-refractivity contribution in [3.8, 4) is 5.75 Å². The number of carbonyl (C=O) groups is 2. The van der Waals surface area contributed by atoms with E-state index >= 15 is 0 Å². The fraction of sp³-hybridized carbons (Fsp3) is 0.636. The summed E-state index contributed by atoms with van der Waals surface area (Å²) in [5.74, 6) is -1.72. The first-order valence-electron chi connectivity index (χ1n) is 11.3. The summed E-state index contributed by atoms with van der Waals surface area (Å²) in [6.07, 6.45) is -2.17. The molecule has 0 aromatic heterocycles. The highest BCUT2D eigenvalue weighted by atomic mass is 35.5. The molecule has 0 spiro atoms. The molecule has 0 radical (unpaired) electrons. The number of piperazine rings is 1. The maximum absolute atomic E-state index is 13.7. The van der Waals surface area contributed by atoms with Gasteiger partial charge >= 0.3 is 6.36 Å². The van der Waals surface area contributed by atoms with E-state index in [0.717, 1.165) is 31.0 Å². The molecule has 2 saturated heterocycles. The average Bonchev–Trinajstić information content (AvgIpc) is 3.56. The number of ether oxygens (including phenoxy) is 1. The van der Waals surface area contributed by atoms with Crippen LogP contribution in [0.4, 0.5) is 23.2 Å². The Bertz CT molecular complexity index is 891. The molecule has 190 valence electrons. The van der Waals surface area contributed by atoms with Gasteiger partial charge in [-0.3, -0.25) is 19.4 Å². The van der Waals surface area contributed by atoms with Gasteiger partial charge in [0.1, 0.15) is 5.82 Å². The van der Waals surface area contributed by atoms with Gasteiger partial charge in [0.2, 0.25) is 11.8 Å². The highest BCUT2D eigenvalue weighted by Crippen LogP contribution is 2.34. The first-order chi connectivity index (χ1) is 15.6. The van der Waals surface area contributed by atoms with Gasteiger partial charge in [-0.1, -0.05) is 6.92 Å². The molecule has 2 heterocycles. The molecule has 3 aliphatic rings. The number of hydrogen-bond donors (Lipinski definition) is 1. The predicted molar refractivity (Wildman–Crippen MR) is 119 cm³/mol. The summed E-state index contributed by atoms with van der Waals surface area (Å²) in [5, 5.41) is 3.26. The minimum absolute atomic E-state index is 0. The number of halogens is 5. The molecule has 2 amide bonds. The monoisotopic (exact) mass is 508 g/mol. The second-order valence-electron chi connectivity index (χ2n) is 8.88. The number of likely N-dealkylation sites (tertiary alicyclic amines) is 1. The van der Waals surface area contributed by atoms with E-state index in [1.54, 1.807) is 11.8 Å². The van der Waals surface area contributed by atoms with Crippen molar-refractivity contribution in [3.63, 3.8) is 0 Å². The second kappa shape index (κ2) is 10.7. The zero-order chi connectivity index (χ0) is 23.8. The first kappa shape index (κ1) is 26.5. The second-order valence-corrected chi connectivity index (χ2v) is 8.88. The van der Waals surface area contributed by atoms with Crippen LogP contribution in [0, 0.1) is 11.7 Å². The van der Waals surface area contributed by atoms with E-state index < -0.39 is 24.0 Å². The number of carbonyl (C=O) groups excluding carboxylic acids is 2. The highest BCUT2D eigenvalue weighted by molar-refractivity contribution is 6.06. The number of benzene rings is 1. The zero-order valence-electron chi connectivity index (χ0n) is 18.8. The van der Waals surface area contributed by atoms with Gasteiger partial charge in [-0.15, -0.1) is 25.6 Å². The lowest BCUT2D eigenvalue weighted by molar-refractivity contribution is -0.274. The third-order valence-electron chi connectivity index (χ3n) is 6.40. The quantitative estimate of drug-likeness (QED) is 0.430. The molecule has 2 aliphatic heterocycles. The predicted octanol–water partition coefficient (Wildman–Crippen LogP) is 2.78. The Morgan fingerprint density at radius 2 is 1.74 bits per heavy atom. The molecule has 0 bridgehead atoms. The summed E-state index contributed by atoms with van der Waals surface area (Å²) in [4.78, 5) is 30.3. The number of nitrogens with zero attached hydrogens (tertiary/aromatic N) is 3. The Hall–Kier alpha value is -2.11. The molecule has 2 unspecified atom stereocenters. The van der Waals surface area contributed by atoms with E-state index in [4.69, 9.17) is 0 Å². The number of hydrogen-bond acceptors (Lipinski definition) is 6. The molecule has 1 aliphatic carbocycles. The van der Waals surface area contributed by atoms with Crippen LogP contribution < -0.4 is 15.0 Å². The Labute approximate surface area is 201 Å². The van der Waals surface area contributed by atoms with Gasteiger partial charge in [-0.05, 0) is 37.9 Å². The van der Waals surface area contributed by atoms with Crippen molar-refractivity contribution in [3.05, 3.63) is 24.0 Å². The van der Waals surface area contributed by atoms with Crippen LogP contribution >= 0.6 is 12.4 Å². The number of alkyl halides is 3. The molecule has 4 rings (SSSR count). The number of anilines is 1. The van der Waals surface area contributed by atoms with E-state index in [1.807, 2.05) is 0 Å². The van der Waals surface area contributed by atoms with Crippen LogP contribution in [0.15, 0.2) is 18.2 Å². The van der Waals surface area contributed by atoms with Gasteiger partial charge < -0.3 is 15.0 Å². The highest BCUT2D eigenvalue weighted by Gasteiger charge is 2.46. The Morgan fingerprint density at radius 3 is 2.35 bits per heavy atom. The largest absolute Gasteiger partial charge is 0.573 e. The fourth-order valence-corrected chi connectivity index (χ4v) is 4.43.